The SMILES string of the molecule is CCN1C[C@]2(COC(=O)c3ccccc3N3C(=O)CC(C)C3=O)CC[C@H](OC)[C@@]34[C@@H]5C[C@H]6[C@H](OC)[C@@H]5[C@](O)(C[C@@H]6OC)[C@](O)([C@@H](O)[C@H]23)[C@@H]14. The van der Waals surface area contributed by atoms with Gasteiger partial charge in [-0.2, -0.15) is 0 Å². The van der Waals surface area contributed by atoms with Crippen LogP contribution in [-0.4, -0.2) is 121 Å². The zero-order valence-corrected chi connectivity index (χ0v) is 28.3. The summed E-state index contributed by atoms with van der Waals surface area (Å²) in [4.78, 5) is 43.0. The summed E-state index contributed by atoms with van der Waals surface area (Å²) in [6.45, 7) is 4.65. The second-order valence-electron chi connectivity index (χ2n) is 15.7. The minimum atomic E-state index is -1.93. The first-order valence-electron chi connectivity index (χ1n) is 17.5. The maximum atomic E-state index is 14.0. The molecular weight excluding hydrogens is 620 g/mol. The van der Waals surface area contributed by atoms with Crippen molar-refractivity contribution in [2.45, 2.75) is 87.6 Å². The maximum absolute atomic E-state index is 14.0. The zero-order chi connectivity index (χ0) is 34.1. The van der Waals surface area contributed by atoms with Gasteiger partial charge in [-0.15, -0.1) is 0 Å². The number of carbonyl (C=O) groups is 3. The number of esters is 1. The molecule has 7 fully saturated rings. The van der Waals surface area contributed by atoms with E-state index in [9.17, 15) is 29.7 Å². The molecule has 2 heterocycles. The molecule has 2 saturated heterocycles. The number of piperidine rings is 1. The average Bonchev–Trinajstić information content (AvgIpc) is 3.60. The van der Waals surface area contributed by atoms with Crippen LogP contribution in [0, 0.1) is 40.4 Å². The molecule has 2 aliphatic heterocycles. The number of rotatable bonds is 8. The number of methoxy groups -OCH3 is 3. The van der Waals surface area contributed by atoms with Crippen molar-refractivity contribution < 1.29 is 48.7 Å². The van der Waals surface area contributed by atoms with Crippen molar-refractivity contribution in [3.8, 4) is 0 Å². The van der Waals surface area contributed by atoms with Gasteiger partial charge in [-0.25, -0.2) is 9.69 Å². The maximum Gasteiger partial charge on any atom is 0.340 e. The molecule has 14 atom stereocenters. The molecule has 48 heavy (non-hydrogen) atoms. The van der Waals surface area contributed by atoms with Crippen LogP contribution in [0.2, 0.25) is 0 Å². The smallest absolute Gasteiger partial charge is 0.340 e. The number of hydrogen-bond donors (Lipinski definition) is 3. The van der Waals surface area contributed by atoms with E-state index in [1.807, 2.05) is 6.92 Å². The molecule has 0 radical (unpaired) electrons. The Labute approximate surface area is 280 Å². The van der Waals surface area contributed by atoms with Gasteiger partial charge in [0.1, 0.15) is 11.2 Å². The molecule has 12 heteroatoms. The second-order valence-corrected chi connectivity index (χ2v) is 15.7. The molecule has 5 aliphatic carbocycles. The lowest BCUT2D eigenvalue weighted by molar-refractivity contribution is -0.319. The Balaban J connectivity index is 1.22. The molecule has 1 aromatic carbocycles. The van der Waals surface area contributed by atoms with Gasteiger partial charge >= 0.3 is 5.97 Å². The van der Waals surface area contributed by atoms with E-state index in [0.29, 0.717) is 32.4 Å². The number of para-hydroxylation sites is 1. The van der Waals surface area contributed by atoms with Crippen LogP contribution in [0.5, 0.6) is 0 Å². The van der Waals surface area contributed by atoms with E-state index >= 15 is 0 Å². The van der Waals surface area contributed by atoms with Crippen LogP contribution >= 0.6 is 0 Å². The number of aliphatic hydroxyl groups is 3. The van der Waals surface area contributed by atoms with E-state index in [-0.39, 0.29) is 72.7 Å². The van der Waals surface area contributed by atoms with Crippen LogP contribution in [0.25, 0.3) is 0 Å². The van der Waals surface area contributed by atoms with Crippen molar-refractivity contribution in [3.05, 3.63) is 29.8 Å². The van der Waals surface area contributed by atoms with Crippen molar-refractivity contribution in [1.29, 1.82) is 0 Å². The number of hydrogen-bond acceptors (Lipinski definition) is 11. The van der Waals surface area contributed by atoms with E-state index in [2.05, 4.69) is 4.90 Å². The lowest BCUT2D eigenvalue weighted by Gasteiger charge is -2.70. The van der Waals surface area contributed by atoms with Gasteiger partial charge < -0.3 is 34.3 Å². The second kappa shape index (κ2) is 10.8. The largest absolute Gasteiger partial charge is 0.461 e. The topological polar surface area (TPSA) is 155 Å². The summed E-state index contributed by atoms with van der Waals surface area (Å²) in [7, 11) is 4.96. The molecule has 0 aromatic heterocycles. The summed E-state index contributed by atoms with van der Waals surface area (Å²) in [6.07, 6.45) is -0.236. The Bertz CT molecular complexity index is 1540. The predicted octanol–water partition coefficient (Wildman–Crippen LogP) is 1.38. The van der Waals surface area contributed by atoms with Crippen molar-refractivity contribution >= 4 is 23.5 Å². The van der Waals surface area contributed by atoms with Gasteiger partial charge in [-0.05, 0) is 43.9 Å². The first-order valence-corrected chi connectivity index (χ1v) is 17.5. The van der Waals surface area contributed by atoms with Crippen molar-refractivity contribution in [2.75, 3.05) is 45.9 Å². The first kappa shape index (κ1) is 32.7. The van der Waals surface area contributed by atoms with Crippen LogP contribution in [-0.2, 0) is 28.5 Å². The summed E-state index contributed by atoms with van der Waals surface area (Å²) in [6, 6.07) is 5.89. The number of amides is 2. The third kappa shape index (κ3) is 3.62. The van der Waals surface area contributed by atoms with E-state index in [4.69, 9.17) is 18.9 Å². The van der Waals surface area contributed by atoms with Crippen LogP contribution in [0.4, 0.5) is 5.69 Å². The number of aliphatic hydroxyl groups excluding tert-OH is 1. The molecule has 1 aromatic rings. The highest BCUT2D eigenvalue weighted by atomic mass is 16.5. The molecule has 8 rings (SSSR count). The first-order chi connectivity index (χ1) is 22.9. The Morgan fingerprint density at radius 1 is 1.08 bits per heavy atom. The standard InChI is InChI=1S/C36H48N2O10/c1-6-37-16-33(17-48-31(42)19-9-7-8-10-22(19)38-25(39)13-18(2)30(38)41)12-11-24(46-4)35-21-14-20-23(45-3)15-34(43,26(21)27(20)47-5)36(44,32(35)37)29(40)28(33)35/h7-10,18,20-21,23-24,26-29,32,40,43-44H,6,11-17H2,1-5H3/t18?,20-,21-,23+,24+,26-,27+,28-,29+,32+,33+,34-,35+,36+/m1/s1. The van der Waals surface area contributed by atoms with E-state index < -0.39 is 57.9 Å². The van der Waals surface area contributed by atoms with Crippen LogP contribution in [0.1, 0.15) is 56.3 Å². The summed E-state index contributed by atoms with van der Waals surface area (Å²) in [5.41, 5.74) is -4.84. The molecule has 12 nitrogen and oxygen atoms in total. The van der Waals surface area contributed by atoms with Gasteiger partial charge in [-0.3, -0.25) is 14.5 Å². The number of fused-ring (bicyclic) bond motifs is 2. The molecule has 5 saturated carbocycles. The quantitative estimate of drug-likeness (QED) is 0.272. The van der Waals surface area contributed by atoms with Crippen LogP contribution in [0.3, 0.4) is 0 Å². The highest BCUT2D eigenvalue weighted by molar-refractivity contribution is 6.22. The van der Waals surface area contributed by atoms with Gasteiger partial charge in [0.15, 0.2) is 0 Å². The van der Waals surface area contributed by atoms with Gasteiger partial charge in [0.2, 0.25) is 11.8 Å². The number of imide groups is 1. The lowest BCUT2D eigenvalue weighted by atomic mass is 9.42. The number of likely N-dealkylation sites (tertiary alicyclic amines) is 1. The minimum Gasteiger partial charge on any atom is -0.461 e. The molecule has 3 N–H and O–H groups in total. The molecule has 2 amide bonds. The zero-order valence-electron chi connectivity index (χ0n) is 28.3. The monoisotopic (exact) mass is 668 g/mol. The third-order valence-corrected chi connectivity index (χ3v) is 14.3. The number of likely N-dealkylation sites (N-methyl/N-ethyl adjacent to an activating group) is 1. The van der Waals surface area contributed by atoms with Crippen molar-refractivity contribution in [1.82, 2.24) is 4.90 Å². The number of ether oxygens (including phenoxy) is 4. The van der Waals surface area contributed by atoms with E-state index in [1.54, 1.807) is 52.5 Å². The Morgan fingerprint density at radius 2 is 1.83 bits per heavy atom. The number of anilines is 1. The minimum absolute atomic E-state index is 0.00225. The Hall–Kier alpha value is -2.45. The number of benzene rings is 1. The fourth-order valence-electron chi connectivity index (χ4n) is 12.9. The average molecular weight is 669 g/mol. The summed E-state index contributed by atoms with van der Waals surface area (Å²) in [5, 5.41) is 38.7. The van der Waals surface area contributed by atoms with Crippen LogP contribution < -0.4 is 4.90 Å². The van der Waals surface area contributed by atoms with Crippen LogP contribution in [0.15, 0.2) is 24.3 Å². The lowest BCUT2D eigenvalue weighted by Crippen LogP contribution is -2.82. The highest BCUT2D eigenvalue weighted by Gasteiger charge is 2.91. The number of carbonyl (C=O) groups excluding carboxylic acids is 3. The van der Waals surface area contributed by atoms with Crippen molar-refractivity contribution in [2.24, 2.45) is 40.4 Å². The highest BCUT2D eigenvalue weighted by Crippen LogP contribution is 2.80. The molecule has 7 bridgehead atoms. The molecule has 1 unspecified atom stereocenters. The van der Waals surface area contributed by atoms with Gasteiger partial charge in [0.05, 0.1) is 48.3 Å². The fraction of sp³-hybridized carbons (Fsp3) is 0.750. The number of nitrogens with zero attached hydrogens (tertiary/aromatic N) is 2. The van der Waals surface area contributed by atoms with E-state index in [1.165, 1.54) is 0 Å². The van der Waals surface area contributed by atoms with E-state index in [0.717, 1.165) is 4.90 Å². The van der Waals surface area contributed by atoms with Gasteiger partial charge in [0, 0.05) is 75.2 Å². The molecule has 262 valence electrons. The summed E-state index contributed by atoms with van der Waals surface area (Å²) in [5.74, 6) is -3.01. The summed E-state index contributed by atoms with van der Waals surface area (Å²) >= 11 is 0. The van der Waals surface area contributed by atoms with Crippen molar-refractivity contribution in [3.63, 3.8) is 0 Å². The molecular formula is C36H48N2O10. The Kier molecular flexibility index (Phi) is 7.35. The fourth-order valence-corrected chi connectivity index (χ4v) is 12.9. The Morgan fingerprint density at radius 3 is 2.48 bits per heavy atom. The molecule has 7 aliphatic rings. The molecule has 1 spiro atoms. The summed E-state index contributed by atoms with van der Waals surface area (Å²) < 4.78 is 24.6. The van der Waals surface area contributed by atoms with Gasteiger partial charge in [0.25, 0.3) is 0 Å². The van der Waals surface area contributed by atoms with Gasteiger partial charge in [-0.1, -0.05) is 26.0 Å². The normalized spacial score (nSPS) is 48.7. The predicted molar refractivity (Wildman–Crippen MR) is 170 cm³/mol. The third-order valence-electron chi connectivity index (χ3n) is 14.3.